The molecule has 2 rings (SSSR count). The molecule has 1 fully saturated rings. The van der Waals surface area contributed by atoms with Gasteiger partial charge in [-0.25, -0.2) is 21.1 Å². The quantitative estimate of drug-likeness (QED) is 0.801. The predicted octanol–water partition coefficient (Wildman–Crippen LogP) is 1.45. The fourth-order valence-corrected chi connectivity index (χ4v) is 6.14. The molecule has 21 heavy (non-hydrogen) atoms. The van der Waals surface area contributed by atoms with Crippen molar-refractivity contribution >= 4 is 43.0 Å². The van der Waals surface area contributed by atoms with Gasteiger partial charge in [0.1, 0.15) is 4.21 Å². The average Bonchev–Trinajstić information content (AvgIpc) is 2.84. The first kappa shape index (κ1) is 17.2. The molecule has 0 amide bonds. The number of hydrogen-bond donors (Lipinski definition) is 0. The Kier molecular flexibility index (Phi) is 5.01. The molecular formula is C11H17ClN2O4S3. The molecule has 0 aliphatic carbocycles. The van der Waals surface area contributed by atoms with E-state index in [0.29, 0.717) is 30.3 Å². The highest BCUT2D eigenvalue weighted by Crippen LogP contribution is 2.30. The van der Waals surface area contributed by atoms with Crippen molar-refractivity contribution in [1.82, 2.24) is 8.61 Å². The molecule has 1 aliphatic heterocycles. The Bertz CT molecular complexity index is 706. The second-order valence-corrected chi connectivity index (χ2v) is 10.9. The first-order chi connectivity index (χ1) is 9.62. The number of rotatable bonds is 4. The van der Waals surface area contributed by atoms with E-state index in [-0.39, 0.29) is 10.3 Å². The van der Waals surface area contributed by atoms with Crippen LogP contribution in [-0.4, -0.2) is 57.9 Å². The van der Waals surface area contributed by atoms with E-state index in [4.69, 9.17) is 11.6 Å². The fourth-order valence-electron chi connectivity index (χ4n) is 2.28. The van der Waals surface area contributed by atoms with Gasteiger partial charge in [-0.05, 0) is 25.0 Å². The monoisotopic (exact) mass is 372 g/mol. The molecule has 120 valence electrons. The summed E-state index contributed by atoms with van der Waals surface area (Å²) in [6.07, 6.45) is 2.13. The number of piperidine rings is 1. The zero-order chi connectivity index (χ0) is 15.8. The van der Waals surface area contributed by atoms with Gasteiger partial charge in [-0.3, -0.25) is 0 Å². The Balaban J connectivity index is 2.08. The van der Waals surface area contributed by atoms with Crippen molar-refractivity contribution < 1.29 is 16.8 Å². The summed E-state index contributed by atoms with van der Waals surface area (Å²) in [6, 6.07) is 2.90. The van der Waals surface area contributed by atoms with Gasteiger partial charge in [0, 0.05) is 26.2 Å². The van der Waals surface area contributed by atoms with Crippen LogP contribution in [-0.2, 0) is 20.0 Å². The smallest absolute Gasteiger partial charge is 0.213 e. The molecule has 0 N–H and O–H groups in total. The third-order valence-electron chi connectivity index (χ3n) is 3.60. The number of sulfonamides is 2. The highest BCUT2D eigenvalue weighted by Gasteiger charge is 2.33. The lowest BCUT2D eigenvalue weighted by atomic mass is 10.1. The first-order valence-corrected chi connectivity index (χ1v) is 10.8. The molecule has 1 aromatic heterocycles. The first-order valence-electron chi connectivity index (χ1n) is 6.31. The maximum atomic E-state index is 12.4. The number of hydrogen-bond acceptors (Lipinski definition) is 5. The van der Waals surface area contributed by atoms with Crippen molar-refractivity contribution in [2.24, 2.45) is 0 Å². The molecule has 10 heteroatoms. The maximum Gasteiger partial charge on any atom is 0.252 e. The van der Waals surface area contributed by atoms with E-state index in [2.05, 4.69) is 0 Å². The van der Waals surface area contributed by atoms with Crippen LogP contribution >= 0.6 is 22.9 Å². The summed E-state index contributed by atoms with van der Waals surface area (Å²) in [4.78, 5) is 0. The SMILES string of the molecule is CN(C1CCN(S(=O)(=O)c2ccc(Cl)s2)CC1)S(C)(=O)=O. The Morgan fingerprint density at radius 2 is 1.81 bits per heavy atom. The van der Waals surface area contributed by atoms with Gasteiger partial charge in [-0.1, -0.05) is 11.6 Å². The summed E-state index contributed by atoms with van der Waals surface area (Å²) in [5.41, 5.74) is 0. The van der Waals surface area contributed by atoms with E-state index in [1.165, 1.54) is 21.7 Å². The molecule has 1 aromatic rings. The Hall–Kier alpha value is -0.190. The van der Waals surface area contributed by atoms with Gasteiger partial charge < -0.3 is 0 Å². The van der Waals surface area contributed by atoms with Crippen LogP contribution in [0, 0.1) is 0 Å². The molecule has 0 unspecified atom stereocenters. The van der Waals surface area contributed by atoms with E-state index < -0.39 is 20.0 Å². The van der Waals surface area contributed by atoms with Crippen LogP contribution in [0.5, 0.6) is 0 Å². The van der Waals surface area contributed by atoms with Crippen molar-refractivity contribution in [1.29, 1.82) is 0 Å². The second-order valence-electron chi connectivity index (χ2n) is 4.97. The standard InChI is InChI=1S/C11H17ClN2O4S3/c1-13(20(2,15)16)9-5-7-14(8-6-9)21(17,18)11-4-3-10(12)19-11/h3-4,9H,5-8H2,1-2H3. The molecule has 0 atom stereocenters. The summed E-state index contributed by atoms with van der Waals surface area (Å²) >= 11 is 6.81. The molecule has 0 aromatic carbocycles. The van der Waals surface area contributed by atoms with E-state index >= 15 is 0 Å². The highest BCUT2D eigenvalue weighted by atomic mass is 35.5. The Labute approximate surface area is 134 Å². The van der Waals surface area contributed by atoms with Crippen LogP contribution < -0.4 is 0 Å². The minimum atomic E-state index is -3.53. The van der Waals surface area contributed by atoms with E-state index in [1.54, 1.807) is 6.07 Å². The van der Waals surface area contributed by atoms with E-state index in [1.807, 2.05) is 0 Å². The molecule has 0 bridgehead atoms. The normalized spacial score (nSPS) is 19.2. The largest absolute Gasteiger partial charge is 0.252 e. The molecule has 0 radical (unpaired) electrons. The summed E-state index contributed by atoms with van der Waals surface area (Å²) in [7, 11) is -5.25. The molecule has 2 heterocycles. The molecular weight excluding hydrogens is 356 g/mol. The van der Waals surface area contributed by atoms with Crippen molar-refractivity contribution in [3.05, 3.63) is 16.5 Å². The lowest BCUT2D eigenvalue weighted by molar-refractivity contribution is 0.239. The van der Waals surface area contributed by atoms with Gasteiger partial charge in [-0.2, -0.15) is 4.31 Å². The van der Waals surface area contributed by atoms with Crippen LogP contribution in [0.3, 0.4) is 0 Å². The van der Waals surface area contributed by atoms with Crippen molar-refractivity contribution in [3.8, 4) is 0 Å². The molecule has 0 saturated carbocycles. The van der Waals surface area contributed by atoms with Crippen LogP contribution in [0.4, 0.5) is 0 Å². The fraction of sp³-hybridized carbons (Fsp3) is 0.636. The lowest BCUT2D eigenvalue weighted by Crippen LogP contribution is -2.46. The second kappa shape index (κ2) is 6.13. The third-order valence-corrected chi connectivity index (χ3v) is 8.55. The molecule has 0 spiro atoms. The van der Waals surface area contributed by atoms with Gasteiger partial charge >= 0.3 is 0 Å². The number of nitrogens with zero attached hydrogens (tertiary/aromatic N) is 2. The predicted molar refractivity (Wildman–Crippen MR) is 83.7 cm³/mol. The summed E-state index contributed by atoms with van der Waals surface area (Å²) < 4.78 is 51.2. The molecule has 1 saturated heterocycles. The number of thiophene rings is 1. The zero-order valence-electron chi connectivity index (χ0n) is 11.7. The summed E-state index contributed by atoms with van der Waals surface area (Å²) in [5.74, 6) is 0. The van der Waals surface area contributed by atoms with Crippen LogP contribution in [0.1, 0.15) is 12.8 Å². The van der Waals surface area contributed by atoms with Crippen molar-refractivity contribution in [2.75, 3.05) is 26.4 Å². The Morgan fingerprint density at radius 3 is 2.24 bits per heavy atom. The molecule has 1 aliphatic rings. The van der Waals surface area contributed by atoms with Gasteiger partial charge in [-0.15, -0.1) is 11.3 Å². The number of halogens is 1. The van der Waals surface area contributed by atoms with Crippen LogP contribution in [0.15, 0.2) is 16.3 Å². The Morgan fingerprint density at radius 1 is 1.24 bits per heavy atom. The molecule has 6 nitrogen and oxygen atoms in total. The van der Waals surface area contributed by atoms with E-state index in [0.717, 1.165) is 17.6 Å². The lowest BCUT2D eigenvalue weighted by Gasteiger charge is -2.34. The maximum absolute atomic E-state index is 12.4. The summed E-state index contributed by atoms with van der Waals surface area (Å²) in [5, 5.41) is 0. The topological polar surface area (TPSA) is 74.8 Å². The van der Waals surface area contributed by atoms with Gasteiger partial charge in [0.05, 0.1) is 10.6 Å². The van der Waals surface area contributed by atoms with Gasteiger partial charge in [0.25, 0.3) is 10.0 Å². The van der Waals surface area contributed by atoms with Crippen molar-refractivity contribution in [3.63, 3.8) is 0 Å². The third kappa shape index (κ3) is 3.77. The van der Waals surface area contributed by atoms with Crippen LogP contribution in [0.25, 0.3) is 0 Å². The minimum absolute atomic E-state index is 0.154. The van der Waals surface area contributed by atoms with E-state index in [9.17, 15) is 16.8 Å². The zero-order valence-corrected chi connectivity index (χ0v) is 14.9. The van der Waals surface area contributed by atoms with Crippen molar-refractivity contribution in [2.45, 2.75) is 23.1 Å². The van der Waals surface area contributed by atoms with Gasteiger partial charge in [0.2, 0.25) is 10.0 Å². The summed E-state index contributed by atoms with van der Waals surface area (Å²) in [6.45, 7) is 0.616. The average molecular weight is 373 g/mol. The minimum Gasteiger partial charge on any atom is -0.213 e. The highest BCUT2D eigenvalue weighted by molar-refractivity contribution is 7.91. The van der Waals surface area contributed by atoms with Crippen LogP contribution in [0.2, 0.25) is 4.34 Å². The van der Waals surface area contributed by atoms with Gasteiger partial charge in [0.15, 0.2) is 0 Å².